The number of carbonyl (C=O) groups is 1. The van der Waals surface area contributed by atoms with Gasteiger partial charge in [-0.2, -0.15) is 0 Å². The molecule has 1 N–H and O–H groups in total. The van der Waals surface area contributed by atoms with E-state index in [1.165, 1.54) is 10.5 Å². The molecule has 0 unspecified atom stereocenters. The average Bonchev–Trinajstić information content (AvgIpc) is 3.11. The molecule has 1 heterocycles. The Morgan fingerprint density at radius 3 is 2.62 bits per heavy atom. The van der Waals surface area contributed by atoms with E-state index in [1.807, 2.05) is 30.3 Å². The summed E-state index contributed by atoms with van der Waals surface area (Å²) in [6.07, 6.45) is 3.25. The van der Waals surface area contributed by atoms with Crippen LogP contribution in [0.1, 0.15) is 16.1 Å². The number of aromatic nitrogens is 2. The van der Waals surface area contributed by atoms with Gasteiger partial charge in [0.05, 0.1) is 12.5 Å². The number of aryl methyl sites for hydroxylation is 1. The number of hydrogen-bond donors (Lipinski definition) is 1. The second-order valence-electron chi connectivity index (χ2n) is 5.40. The van der Waals surface area contributed by atoms with Gasteiger partial charge in [0.1, 0.15) is 5.69 Å². The summed E-state index contributed by atoms with van der Waals surface area (Å²) in [7, 11) is 0. The number of imidazole rings is 1. The van der Waals surface area contributed by atoms with E-state index in [0.717, 1.165) is 11.4 Å². The van der Waals surface area contributed by atoms with E-state index in [9.17, 15) is 4.79 Å². The molecule has 2 aromatic carbocycles. The number of para-hydroxylation sites is 1. The summed E-state index contributed by atoms with van der Waals surface area (Å²) < 4.78 is 1.79. The second-order valence-corrected chi connectivity index (χ2v) is 6.57. The van der Waals surface area contributed by atoms with Crippen molar-refractivity contribution in [1.82, 2.24) is 14.9 Å². The van der Waals surface area contributed by atoms with Crippen molar-refractivity contribution in [1.29, 1.82) is 0 Å². The molecule has 0 bridgehead atoms. The summed E-state index contributed by atoms with van der Waals surface area (Å²) in [5.41, 5.74) is 2.72. The highest BCUT2D eigenvalue weighted by atomic mass is 32.2. The normalized spacial score (nSPS) is 10.5. The van der Waals surface area contributed by atoms with Gasteiger partial charge in [-0.15, -0.1) is 11.8 Å². The molecule has 0 aliphatic carbocycles. The third kappa shape index (κ3) is 4.06. The quantitative estimate of drug-likeness (QED) is 0.551. The molecule has 0 aliphatic heterocycles. The van der Waals surface area contributed by atoms with Gasteiger partial charge in [0.15, 0.2) is 0 Å². The van der Waals surface area contributed by atoms with Gasteiger partial charge >= 0.3 is 0 Å². The van der Waals surface area contributed by atoms with Gasteiger partial charge in [-0.25, -0.2) is 4.98 Å². The Labute approximate surface area is 145 Å². The molecular weight excluding hydrogens is 318 g/mol. The van der Waals surface area contributed by atoms with Crippen molar-refractivity contribution in [3.8, 4) is 5.69 Å². The van der Waals surface area contributed by atoms with Gasteiger partial charge in [0, 0.05) is 22.9 Å². The Hall–Kier alpha value is -2.53. The van der Waals surface area contributed by atoms with Crippen LogP contribution in [0.2, 0.25) is 0 Å². The maximum atomic E-state index is 12.4. The summed E-state index contributed by atoms with van der Waals surface area (Å²) in [5, 5.41) is 2.96. The molecule has 24 heavy (non-hydrogen) atoms. The van der Waals surface area contributed by atoms with Gasteiger partial charge in [-0.3, -0.25) is 9.36 Å². The molecule has 3 aromatic rings. The molecule has 0 fully saturated rings. The fourth-order valence-electron chi connectivity index (χ4n) is 2.32. The lowest BCUT2D eigenvalue weighted by Gasteiger charge is -2.09. The van der Waals surface area contributed by atoms with Crippen LogP contribution in [0.4, 0.5) is 0 Å². The topological polar surface area (TPSA) is 46.9 Å². The van der Waals surface area contributed by atoms with E-state index >= 15 is 0 Å². The first-order valence-corrected chi connectivity index (χ1v) is 8.78. The molecular formula is C19H19N3OS. The fourth-order valence-corrected chi connectivity index (χ4v) is 3.08. The van der Waals surface area contributed by atoms with Crippen LogP contribution in [-0.2, 0) is 0 Å². The Morgan fingerprint density at radius 2 is 1.88 bits per heavy atom. The van der Waals surface area contributed by atoms with Crippen LogP contribution in [0.15, 0.2) is 72.0 Å². The van der Waals surface area contributed by atoms with Crippen molar-refractivity contribution in [2.45, 2.75) is 11.8 Å². The van der Waals surface area contributed by atoms with E-state index in [2.05, 4.69) is 41.5 Å². The van der Waals surface area contributed by atoms with Crippen molar-refractivity contribution in [2.75, 3.05) is 12.3 Å². The molecule has 0 saturated carbocycles. The molecule has 4 nitrogen and oxygen atoms in total. The van der Waals surface area contributed by atoms with Crippen molar-refractivity contribution >= 4 is 17.7 Å². The lowest BCUT2D eigenvalue weighted by Crippen LogP contribution is -2.27. The van der Waals surface area contributed by atoms with Crippen LogP contribution in [0.5, 0.6) is 0 Å². The smallest absolute Gasteiger partial charge is 0.269 e. The molecule has 1 amide bonds. The molecule has 3 rings (SSSR count). The van der Waals surface area contributed by atoms with Gasteiger partial charge in [0.25, 0.3) is 5.91 Å². The minimum absolute atomic E-state index is 0.110. The van der Waals surface area contributed by atoms with Gasteiger partial charge in [-0.1, -0.05) is 35.9 Å². The first-order valence-electron chi connectivity index (χ1n) is 7.79. The number of benzene rings is 2. The first kappa shape index (κ1) is 16.3. The van der Waals surface area contributed by atoms with Crippen LogP contribution in [0, 0.1) is 6.92 Å². The summed E-state index contributed by atoms with van der Waals surface area (Å²) >= 11 is 1.73. The van der Waals surface area contributed by atoms with Crippen LogP contribution in [0.25, 0.3) is 5.69 Å². The first-order chi connectivity index (χ1) is 11.7. The monoisotopic (exact) mass is 337 g/mol. The molecule has 0 atom stereocenters. The Bertz CT molecular complexity index is 797. The van der Waals surface area contributed by atoms with E-state index in [0.29, 0.717) is 12.2 Å². The largest absolute Gasteiger partial charge is 0.350 e. The van der Waals surface area contributed by atoms with Crippen molar-refractivity contribution < 1.29 is 4.79 Å². The molecule has 0 radical (unpaired) electrons. The number of thioether (sulfide) groups is 1. The Morgan fingerprint density at radius 1 is 1.12 bits per heavy atom. The maximum absolute atomic E-state index is 12.4. The van der Waals surface area contributed by atoms with Crippen LogP contribution in [0.3, 0.4) is 0 Å². The highest BCUT2D eigenvalue weighted by Gasteiger charge is 2.12. The van der Waals surface area contributed by atoms with Gasteiger partial charge in [0.2, 0.25) is 0 Å². The maximum Gasteiger partial charge on any atom is 0.269 e. The molecule has 1 aromatic heterocycles. The lowest BCUT2D eigenvalue weighted by atomic mass is 10.2. The third-order valence-corrected chi connectivity index (χ3v) is 4.60. The lowest BCUT2D eigenvalue weighted by molar-refractivity contribution is 0.0949. The predicted molar refractivity (Wildman–Crippen MR) is 97.8 cm³/mol. The number of hydrogen-bond acceptors (Lipinski definition) is 3. The molecule has 0 saturated heterocycles. The van der Waals surface area contributed by atoms with Crippen molar-refractivity contribution in [3.05, 3.63) is 78.4 Å². The zero-order chi connectivity index (χ0) is 16.8. The Balaban J connectivity index is 1.54. The molecule has 0 spiro atoms. The predicted octanol–water partition coefficient (Wildman–Crippen LogP) is 3.70. The summed E-state index contributed by atoms with van der Waals surface area (Å²) in [6, 6.07) is 18.1. The standard InChI is InChI=1S/C19H19N3OS/c1-15-7-9-17(10-8-15)24-12-11-21-19(23)18-13-20-14-22(18)16-5-3-2-4-6-16/h2-10,13-14H,11-12H2,1H3,(H,21,23). The number of amides is 1. The number of nitrogens with one attached hydrogen (secondary N) is 1. The van der Waals surface area contributed by atoms with Crippen molar-refractivity contribution in [2.24, 2.45) is 0 Å². The second kappa shape index (κ2) is 7.84. The molecule has 122 valence electrons. The number of nitrogens with zero attached hydrogens (tertiary/aromatic N) is 2. The van der Waals surface area contributed by atoms with Crippen LogP contribution >= 0.6 is 11.8 Å². The van der Waals surface area contributed by atoms with Crippen LogP contribution in [-0.4, -0.2) is 27.8 Å². The minimum Gasteiger partial charge on any atom is -0.350 e. The summed E-state index contributed by atoms with van der Waals surface area (Å²) in [6.45, 7) is 2.68. The van der Waals surface area contributed by atoms with Crippen LogP contribution < -0.4 is 5.32 Å². The highest BCUT2D eigenvalue weighted by Crippen LogP contribution is 2.17. The van der Waals surface area contributed by atoms with Gasteiger partial charge in [-0.05, 0) is 31.2 Å². The minimum atomic E-state index is -0.110. The highest BCUT2D eigenvalue weighted by molar-refractivity contribution is 7.99. The molecule has 0 aliphatic rings. The van der Waals surface area contributed by atoms with E-state index < -0.39 is 0 Å². The van der Waals surface area contributed by atoms with Gasteiger partial charge < -0.3 is 5.32 Å². The third-order valence-electron chi connectivity index (χ3n) is 3.58. The van der Waals surface area contributed by atoms with E-state index in [1.54, 1.807) is 28.9 Å². The number of rotatable bonds is 6. The summed E-state index contributed by atoms with van der Waals surface area (Å²) in [4.78, 5) is 17.7. The SMILES string of the molecule is Cc1ccc(SCCNC(=O)c2cncn2-c2ccccc2)cc1. The molecule has 5 heteroatoms. The van der Waals surface area contributed by atoms with E-state index in [4.69, 9.17) is 0 Å². The fraction of sp³-hybridized carbons (Fsp3) is 0.158. The van der Waals surface area contributed by atoms with Crippen molar-refractivity contribution in [3.63, 3.8) is 0 Å². The summed E-state index contributed by atoms with van der Waals surface area (Å²) in [5.74, 6) is 0.717. The average molecular weight is 337 g/mol. The zero-order valence-corrected chi connectivity index (χ0v) is 14.3. The number of carbonyl (C=O) groups excluding carboxylic acids is 1. The Kier molecular flexibility index (Phi) is 5.33. The van der Waals surface area contributed by atoms with E-state index in [-0.39, 0.29) is 5.91 Å². The zero-order valence-electron chi connectivity index (χ0n) is 13.5.